The van der Waals surface area contributed by atoms with E-state index in [0.29, 0.717) is 12.2 Å². The van der Waals surface area contributed by atoms with E-state index in [2.05, 4.69) is 16.7 Å². The number of nitrogens with zero attached hydrogens (tertiary/aromatic N) is 2. The molecule has 3 aromatic rings. The third-order valence-electron chi connectivity index (χ3n) is 3.25. The first kappa shape index (κ1) is 12.3. The summed E-state index contributed by atoms with van der Waals surface area (Å²) in [6.07, 6.45) is 2.03. The summed E-state index contributed by atoms with van der Waals surface area (Å²) in [5.74, 6) is 0.877. The van der Waals surface area contributed by atoms with Gasteiger partial charge in [0, 0.05) is 11.7 Å². The number of fused-ring (bicyclic) bond motifs is 1. The van der Waals surface area contributed by atoms with Gasteiger partial charge in [0.05, 0.1) is 18.2 Å². The van der Waals surface area contributed by atoms with Crippen molar-refractivity contribution in [2.75, 3.05) is 6.61 Å². The zero-order valence-corrected chi connectivity index (χ0v) is 11.0. The van der Waals surface area contributed by atoms with Crippen LogP contribution in [-0.2, 0) is 6.54 Å². The summed E-state index contributed by atoms with van der Waals surface area (Å²) in [7, 11) is 0. The molecule has 1 aromatic heterocycles. The van der Waals surface area contributed by atoms with Crippen molar-refractivity contribution in [2.24, 2.45) is 0 Å². The van der Waals surface area contributed by atoms with Gasteiger partial charge in [0.1, 0.15) is 12.4 Å². The smallest absolute Gasteiger partial charge is 0.119 e. The molecular formula is C17H14N2O. The predicted octanol–water partition coefficient (Wildman–Crippen LogP) is 3.59. The van der Waals surface area contributed by atoms with Crippen LogP contribution in [0.2, 0.25) is 0 Å². The van der Waals surface area contributed by atoms with Crippen molar-refractivity contribution in [1.29, 1.82) is 5.26 Å². The summed E-state index contributed by atoms with van der Waals surface area (Å²) in [6.45, 7) is 1.36. The molecule has 0 aliphatic rings. The summed E-state index contributed by atoms with van der Waals surface area (Å²) in [6, 6.07) is 19.7. The Labute approximate surface area is 117 Å². The Kier molecular flexibility index (Phi) is 3.38. The van der Waals surface area contributed by atoms with Gasteiger partial charge in [0.25, 0.3) is 0 Å². The minimum atomic E-state index is 0.602. The summed E-state index contributed by atoms with van der Waals surface area (Å²) in [4.78, 5) is 0. The normalized spacial score (nSPS) is 10.3. The standard InChI is InChI=1S/C17H14N2O/c18-13-14-6-7-15-8-9-19(17(15)12-14)10-11-20-16-4-2-1-3-5-16/h1-9,12H,10-11H2. The Balaban J connectivity index is 1.73. The van der Waals surface area contributed by atoms with Crippen molar-refractivity contribution in [3.8, 4) is 11.8 Å². The van der Waals surface area contributed by atoms with Crippen molar-refractivity contribution >= 4 is 10.9 Å². The molecule has 2 aromatic carbocycles. The first-order valence-corrected chi connectivity index (χ1v) is 6.54. The fraction of sp³-hybridized carbons (Fsp3) is 0.118. The second-order valence-electron chi connectivity index (χ2n) is 4.56. The minimum Gasteiger partial charge on any atom is -0.492 e. The highest BCUT2D eigenvalue weighted by Gasteiger charge is 2.02. The summed E-state index contributed by atoms with van der Waals surface area (Å²) >= 11 is 0. The van der Waals surface area contributed by atoms with Crippen molar-refractivity contribution in [2.45, 2.75) is 6.54 Å². The minimum absolute atomic E-state index is 0.602. The molecule has 0 aliphatic heterocycles. The molecule has 0 unspecified atom stereocenters. The lowest BCUT2D eigenvalue weighted by molar-refractivity contribution is 0.300. The van der Waals surface area contributed by atoms with Crippen LogP contribution in [0.4, 0.5) is 0 Å². The zero-order valence-electron chi connectivity index (χ0n) is 11.0. The lowest BCUT2D eigenvalue weighted by atomic mass is 10.2. The van der Waals surface area contributed by atoms with E-state index in [4.69, 9.17) is 10.00 Å². The zero-order chi connectivity index (χ0) is 13.8. The number of benzene rings is 2. The molecular weight excluding hydrogens is 248 g/mol. The van der Waals surface area contributed by atoms with E-state index in [1.807, 2.05) is 54.7 Å². The largest absolute Gasteiger partial charge is 0.492 e. The fourth-order valence-electron chi connectivity index (χ4n) is 2.23. The molecule has 0 amide bonds. The molecule has 20 heavy (non-hydrogen) atoms. The van der Waals surface area contributed by atoms with Crippen LogP contribution in [0, 0.1) is 11.3 Å². The highest BCUT2D eigenvalue weighted by Crippen LogP contribution is 2.17. The fourth-order valence-corrected chi connectivity index (χ4v) is 2.23. The molecule has 98 valence electrons. The molecule has 0 saturated carbocycles. The van der Waals surface area contributed by atoms with Gasteiger partial charge in [-0.25, -0.2) is 0 Å². The molecule has 0 saturated heterocycles. The third kappa shape index (κ3) is 2.50. The lowest BCUT2D eigenvalue weighted by Gasteiger charge is -2.08. The average Bonchev–Trinajstić information content (AvgIpc) is 2.91. The van der Waals surface area contributed by atoms with Crippen LogP contribution < -0.4 is 4.74 Å². The molecule has 0 atom stereocenters. The molecule has 0 radical (unpaired) electrons. The number of nitriles is 1. The molecule has 0 fully saturated rings. The molecule has 0 aliphatic carbocycles. The van der Waals surface area contributed by atoms with E-state index in [1.165, 1.54) is 0 Å². The van der Waals surface area contributed by atoms with Crippen molar-refractivity contribution in [3.63, 3.8) is 0 Å². The van der Waals surface area contributed by atoms with Crippen molar-refractivity contribution in [1.82, 2.24) is 4.57 Å². The number of hydrogen-bond donors (Lipinski definition) is 0. The van der Waals surface area contributed by atoms with E-state index in [0.717, 1.165) is 23.2 Å². The van der Waals surface area contributed by atoms with Gasteiger partial charge in [0.15, 0.2) is 0 Å². The molecule has 0 N–H and O–H groups in total. The first-order valence-electron chi connectivity index (χ1n) is 6.54. The Hall–Kier alpha value is -2.73. The van der Waals surface area contributed by atoms with Crippen LogP contribution in [0.1, 0.15) is 5.56 Å². The van der Waals surface area contributed by atoms with Gasteiger partial charge < -0.3 is 9.30 Å². The first-order chi connectivity index (χ1) is 9.86. The van der Waals surface area contributed by atoms with E-state index in [-0.39, 0.29) is 0 Å². The van der Waals surface area contributed by atoms with Gasteiger partial charge in [0.2, 0.25) is 0 Å². The van der Waals surface area contributed by atoms with Crippen LogP contribution in [0.25, 0.3) is 10.9 Å². The number of hydrogen-bond acceptors (Lipinski definition) is 2. The van der Waals surface area contributed by atoms with E-state index in [1.54, 1.807) is 0 Å². The monoisotopic (exact) mass is 262 g/mol. The Bertz CT molecular complexity index is 754. The maximum absolute atomic E-state index is 8.97. The van der Waals surface area contributed by atoms with E-state index < -0.39 is 0 Å². The van der Waals surface area contributed by atoms with Crippen LogP contribution in [0.15, 0.2) is 60.8 Å². The van der Waals surface area contributed by atoms with E-state index in [9.17, 15) is 0 Å². The summed E-state index contributed by atoms with van der Waals surface area (Å²) < 4.78 is 7.81. The predicted molar refractivity (Wildman–Crippen MR) is 78.6 cm³/mol. The second kappa shape index (κ2) is 5.50. The van der Waals surface area contributed by atoms with Crippen molar-refractivity contribution < 1.29 is 4.74 Å². The molecule has 3 nitrogen and oxygen atoms in total. The van der Waals surface area contributed by atoms with Gasteiger partial charge in [-0.15, -0.1) is 0 Å². The highest BCUT2D eigenvalue weighted by atomic mass is 16.5. The molecule has 3 heteroatoms. The van der Waals surface area contributed by atoms with Crippen LogP contribution in [0.5, 0.6) is 5.75 Å². The second-order valence-corrected chi connectivity index (χ2v) is 4.56. The van der Waals surface area contributed by atoms with Gasteiger partial charge in [-0.2, -0.15) is 5.26 Å². The Morgan fingerprint density at radius 1 is 1.05 bits per heavy atom. The average molecular weight is 262 g/mol. The van der Waals surface area contributed by atoms with Crippen LogP contribution in [0.3, 0.4) is 0 Å². The van der Waals surface area contributed by atoms with Gasteiger partial charge in [-0.3, -0.25) is 0 Å². The quantitative estimate of drug-likeness (QED) is 0.720. The SMILES string of the molecule is N#Cc1ccc2ccn(CCOc3ccccc3)c2c1. The van der Waals surface area contributed by atoms with Gasteiger partial charge in [-0.1, -0.05) is 24.3 Å². The molecule has 3 rings (SSSR count). The topological polar surface area (TPSA) is 38.0 Å². The third-order valence-corrected chi connectivity index (χ3v) is 3.25. The Morgan fingerprint density at radius 2 is 1.90 bits per heavy atom. The lowest BCUT2D eigenvalue weighted by Crippen LogP contribution is -2.07. The number of rotatable bonds is 4. The van der Waals surface area contributed by atoms with Gasteiger partial charge >= 0.3 is 0 Å². The maximum Gasteiger partial charge on any atom is 0.119 e. The van der Waals surface area contributed by atoms with Crippen LogP contribution in [-0.4, -0.2) is 11.2 Å². The number of ether oxygens (including phenoxy) is 1. The van der Waals surface area contributed by atoms with Crippen molar-refractivity contribution in [3.05, 3.63) is 66.4 Å². The van der Waals surface area contributed by atoms with Crippen LogP contribution >= 0.6 is 0 Å². The Morgan fingerprint density at radius 3 is 2.70 bits per heavy atom. The highest BCUT2D eigenvalue weighted by molar-refractivity contribution is 5.81. The molecule has 0 spiro atoms. The molecule has 0 bridgehead atoms. The number of aromatic nitrogens is 1. The maximum atomic E-state index is 8.97. The van der Waals surface area contributed by atoms with E-state index >= 15 is 0 Å². The van der Waals surface area contributed by atoms with Gasteiger partial charge in [-0.05, 0) is 35.7 Å². The summed E-state index contributed by atoms with van der Waals surface area (Å²) in [5.41, 5.74) is 1.75. The summed E-state index contributed by atoms with van der Waals surface area (Å²) in [5, 5.41) is 10.1. The number of para-hydroxylation sites is 1. The molecule has 1 heterocycles.